The minimum Gasteiger partial charge on any atom is -0.396 e. The summed E-state index contributed by atoms with van der Waals surface area (Å²) in [4.78, 5) is 14.9. The molecule has 7 bridgehead atoms. The Kier molecular flexibility index (Phi) is 9.90. The van der Waals surface area contributed by atoms with E-state index in [-0.39, 0.29) is 42.7 Å². The minimum atomic E-state index is -1.75. The van der Waals surface area contributed by atoms with Crippen LogP contribution in [0.25, 0.3) is 10.8 Å². The summed E-state index contributed by atoms with van der Waals surface area (Å²) in [5.74, 6) is -1.46. The van der Waals surface area contributed by atoms with E-state index in [0.29, 0.717) is 31.1 Å². The molecule has 0 aliphatic heterocycles. The number of Topliss-reactive ketones (excluding diaryl/α,β-unsaturated/α-hetero) is 1. The fraction of sp³-hybridized carbons (Fsp3) is 0.578. The average molecular weight is 694 g/mol. The summed E-state index contributed by atoms with van der Waals surface area (Å²) < 4.78 is 6.00. The van der Waals surface area contributed by atoms with Gasteiger partial charge in [-0.1, -0.05) is 93.6 Å². The Hall–Kier alpha value is -2.87. The highest BCUT2D eigenvalue weighted by molar-refractivity contribution is 5.90. The van der Waals surface area contributed by atoms with Crippen molar-refractivity contribution in [3.05, 3.63) is 95.1 Å². The number of hydrogen-bond donors (Lipinski definition) is 4. The SMILES string of the molecule is C=C1[C@H]2[C@@H](CO)C[C@]3(C(=O)CCc4cccc(c4)[C@@]4(CC[C@@H](CNCCCC(C)C)C4)[C@@H](CO)c4ccc5ccc(cc5c4)C[C@]13C)[C@]2(O)OC. The summed E-state index contributed by atoms with van der Waals surface area (Å²) in [7, 11) is 1.49. The topological polar surface area (TPSA) is 99.0 Å². The molecule has 3 aromatic carbocycles. The normalized spacial score (nSPS) is 34.8. The first-order valence-electron chi connectivity index (χ1n) is 19.5. The Morgan fingerprint density at radius 1 is 0.980 bits per heavy atom. The van der Waals surface area contributed by atoms with Crippen molar-refractivity contribution < 1.29 is 24.9 Å². The first-order chi connectivity index (χ1) is 24.5. The molecule has 0 aromatic heterocycles. The predicted octanol–water partition coefficient (Wildman–Crippen LogP) is 7.26. The van der Waals surface area contributed by atoms with Gasteiger partial charge in [0.25, 0.3) is 0 Å². The second-order valence-corrected chi connectivity index (χ2v) is 17.3. The van der Waals surface area contributed by atoms with Crippen LogP contribution in [0, 0.1) is 34.5 Å². The third kappa shape index (κ3) is 5.67. The molecule has 51 heavy (non-hydrogen) atoms. The Bertz CT molecular complexity index is 1790. The van der Waals surface area contributed by atoms with Gasteiger partial charge < -0.3 is 25.4 Å². The summed E-state index contributed by atoms with van der Waals surface area (Å²) in [6.45, 7) is 13.1. The Morgan fingerprint density at radius 2 is 1.78 bits per heavy atom. The third-order valence-corrected chi connectivity index (χ3v) is 14.2. The molecule has 8 atom stereocenters. The molecule has 4 aliphatic rings. The zero-order valence-corrected chi connectivity index (χ0v) is 31.2. The van der Waals surface area contributed by atoms with Crippen LogP contribution in [0.2, 0.25) is 0 Å². The lowest BCUT2D eigenvalue weighted by molar-refractivity contribution is -0.254. The Morgan fingerprint density at radius 3 is 2.53 bits per heavy atom. The molecule has 0 radical (unpaired) electrons. The number of hydrogen-bond acceptors (Lipinski definition) is 6. The highest BCUT2D eigenvalue weighted by Crippen LogP contribution is 2.74. The second-order valence-electron chi connectivity index (χ2n) is 17.3. The Labute approximate surface area is 304 Å². The maximum absolute atomic E-state index is 14.9. The lowest BCUT2D eigenvalue weighted by Crippen LogP contribution is -2.56. The molecule has 274 valence electrons. The van der Waals surface area contributed by atoms with Crippen LogP contribution in [0.4, 0.5) is 0 Å². The number of fused-ring (bicyclic) bond motifs is 6. The number of ketones is 1. The quantitative estimate of drug-likeness (QED) is 0.107. The molecule has 4 N–H and O–H groups in total. The molecule has 0 amide bonds. The molecular formula is C45H59NO5. The van der Waals surface area contributed by atoms with E-state index in [2.05, 4.69) is 93.3 Å². The van der Waals surface area contributed by atoms with E-state index in [9.17, 15) is 20.1 Å². The third-order valence-electron chi connectivity index (χ3n) is 14.2. The molecule has 0 saturated heterocycles. The maximum atomic E-state index is 14.9. The molecule has 6 nitrogen and oxygen atoms in total. The van der Waals surface area contributed by atoms with Crippen LogP contribution in [0.15, 0.2) is 72.8 Å². The largest absolute Gasteiger partial charge is 0.396 e. The molecule has 6 heteroatoms. The maximum Gasteiger partial charge on any atom is 0.185 e. The van der Waals surface area contributed by atoms with Crippen molar-refractivity contribution >= 4 is 16.6 Å². The second kappa shape index (κ2) is 13.8. The van der Waals surface area contributed by atoms with E-state index in [4.69, 9.17) is 4.74 Å². The van der Waals surface area contributed by atoms with Crippen LogP contribution in [-0.4, -0.2) is 60.3 Å². The fourth-order valence-corrected chi connectivity index (χ4v) is 11.6. The monoisotopic (exact) mass is 693 g/mol. The highest BCUT2D eigenvalue weighted by Gasteiger charge is 2.80. The molecule has 4 aliphatic carbocycles. The van der Waals surface area contributed by atoms with E-state index < -0.39 is 22.5 Å². The molecule has 3 aromatic rings. The van der Waals surface area contributed by atoms with Gasteiger partial charge in [-0.2, -0.15) is 0 Å². The van der Waals surface area contributed by atoms with Gasteiger partial charge in [0.1, 0.15) is 5.78 Å². The molecule has 2 spiro atoms. The number of methoxy groups -OCH3 is 1. The van der Waals surface area contributed by atoms with Gasteiger partial charge in [-0.05, 0) is 115 Å². The molecule has 7 rings (SSSR count). The lowest BCUT2D eigenvalue weighted by atomic mass is 9.55. The zero-order chi connectivity index (χ0) is 36.2. The van der Waals surface area contributed by atoms with E-state index in [1.165, 1.54) is 25.5 Å². The van der Waals surface area contributed by atoms with Crippen molar-refractivity contribution in [3.8, 4) is 0 Å². The van der Waals surface area contributed by atoms with Crippen molar-refractivity contribution in [2.24, 2.45) is 34.5 Å². The zero-order valence-electron chi connectivity index (χ0n) is 31.2. The Balaban J connectivity index is 1.33. The first kappa shape index (κ1) is 36.5. The summed E-state index contributed by atoms with van der Waals surface area (Å²) in [5.41, 5.74) is 3.06. The number of carbonyl (C=O) groups is 1. The van der Waals surface area contributed by atoms with Crippen molar-refractivity contribution in [3.63, 3.8) is 0 Å². The minimum absolute atomic E-state index is 0.0260. The number of aliphatic hydroxyl groups is 3. The van der Waals surface area contributed by atoms with Gasteiger partial charge in [0.15, 0.2) is 5.79 Å². The van der Waals surface area contributed by atoms with E-state index >= 15 is 0 Å². The van der Waals surface area contributed by atoms with Crippen molar-refractivity contribution in [2.45, 2.75) is 95.7 Å². The van der Waals surface area contributed by atoms with E-state index in [1.54, 1.807) is 0 Å². The number of aryl methyl sites for hydroxylation is 1. The van der Waals surface area contributed by atoms with Crippen LogP contribution >= 0.6 is 0 Å². The number of rotatable bonds is 9. The molecule has 0 unspecified atom stereocenters. The van der Waals surface area contributed by atoms with Gasteiger partial charge in [-0.3, -0.25) is 4.79 Å². The highest BCUT2D eigenvalue weighted by atomic mass is 16.6. The van der Waals surface area contributed by atoms with Gasteiger partial charge in [-0.15, -0.1) is 0 Å². The van der Waals surface area contributed by atoms with Crippen LogP contribution in [-0.2, 0) is 27.8 Å². The lowest BCUT2D eigenvalue weighted by Gasteiger charge is -2.48. The van der Waals surface area contributed by atoms with Crippen molar-refractivity contribution in [2.75, 3.05) is 33.4 Å². The number of benzene rings is 3. The van der Waals surface area contributed by atoms with Crippen LogP contribution < -0.4 is 5.32 Å². The van der Waals surface area contributed by atoms with Gasteiger partial charge in [0, 0.05) is 42.8 Å². The number of aliphatic hydroxyl groups excluding tert-OH is 2. The van der Waals surface area contributed by atoms with E-state index in [1.807, 2.05) is 0 Å². The average Bonchev–Trinajstić information content (AvgIpc) is 3.71. The number of carbonyl (C=O) groups excluding carboxylic acids is 1. The predicted molar refractivity (Wildman–Crippen MR) is 204 cm³/mol. The fourth-order valence-electron chi connectivity index (χ4n) is 11.6. The smallest absolute Gasteiger partial charge is 0.185 e. The molecule has 3 saturated carbocycles. The van der Waals surface area contributed by atoms with Crippen molar-refractivity contribution in [1.29, 1.82) is 0 Å². The van der Waals surface area contributed by atoms with E-state index in [0.717, 1.165) is 65.4 Å². The van der Waals surface area contributed by atoms with Gasteiger partial charge >= 0.3 is 0 Å². The summed E-state index contributed by atoms with van der Waals surface area (Å²) in [6, 6.07) is 22.0. The van der Waals surface area contributed by atoms with Crippen LogP contribution in [0.1, 0.15) is 93.9 Å². The summed E-state index contributed by atoms with van der Waals surface area (Å²) in [6.07, 6.45) is 7.17. The van der Waals surface area contributed by atoms with Gasteiger partial charge in [0.05, 0.1) is 12.0 Å². The number of nitrogens with one attached hydrogen (secondary N) is 1. The van der Waals surface area contributed by atoms with Crippen LogP contribution in [0.3, 0.4) is 0 Å². The molecule has 3 fully saturated rings. The molecular weight excluding hydrogens is 634 g/mol. The standard InChI is InChI=1S/C45H59NO5/c1-29(2)8-7-19-46-26-33-17-18-43(24-33)38-10-6-9-31(21-38)12-16-40(49)44-25-37(27-47)41(45(44,50)51-5)30(3)42(44,4)23-32-11-13-34-14-15-35(39(43)28-48)22-36(34)20-32/h6,9-11,13-15,20-22,29,33,37,39,41,46-48,50H,3,7-8,12,16-19,23-28H2,1-2,4-5H3/t33-,37-,39+,41+,42-,43+,44-,45-/m1/s1. The van der Waals surface area contributed by atoms with Crippen molar-refractivity contribution in [1.82, 2.24) is 5.32 Å². The summed E-state index contributed by atoms with van der Waals surface area (Å²) in [5, 5.41) is 40.2. The van der Waals surface area contributed by atoms with Crippen LogP contribution in [0.5, 0.6) is 0 Å². The van der Waals surface area contributed by atoms with Gasteiger partial charge in [0.2, 0.25) is 0 Å². The number of ether oxygens (including phenoxy) is 1. The van der Waals surface area contributed by atoms with Gasteiger partial charge in [-0.25, -0.2) is 0 Å². The molecule has 0 heterocycles. The summed E-state index contributed by atoms with van der Waals surface area (Å²) >= 11 is 0. The first-order valence-corrected chi connectivity index (χ1v) is 19.5.